The molecule has 1 aromatic rings. The summed E-state index contributed by atoms with van der Waals surface area (Å²) in [5.41, 5.74) is 5.72. The largest absolute Gasteiger partial charge is 0.495 e. The van der Waals surface area contributed by atoms with Gasteiger partial charge in [0.25, 0.3) is 5.91 Å². The Morgan fingerprint density at radius 1 is 1.29 bits per heavy atom. The molecule has 0 aliphatic rings. The molecule has 0 aliphatic heterocycles. The highest BCUT2D eigenvalue weighted by molar-refractivity contribution is 6.03. The lowest BCUT2D eigenvalue weighted by molar-refractivity contribution is 0.0997. The first-order valence-corrected chi connectivity index (χ1v) is 4.05. The summed E-state index contributed by atoms with van der Waals surface area (Å²) in [5, 5.41) is 0. The predicted octanol–water partition coefficient (Wildman–Crippen LogP) is 0.997. The number of hydrogen-bond donors (Lipinski definition) is 1. The van der Waals surface area contributed by atoms with E-state index < -0.39 is 5.91 Å². The summed E-state index contributed by atoms with van der Waals surface area (Å²) in [5.74, 6) is -0.526. The first-order valence-electron chi connectivity index (χ1n) is 4.05. The van der Waals surface area contributed by atoms with Gasteiger partial charge in [0, 0.05) is 0 Å². The van der Waals surface area contributed by atoms with Gasteiger partial charge in [0.1, 0.15) is 5.75 Å². The molecule has 0 saturated carbocycles. The standard InChI is InChI=1S/C10H11NO3/c1-6(12)7-4-3-5-8(10(11)13)9(7)14-2/h3-5H,1-2H3,(H2,11,13). The maximum absolute atomic E-state index is 11.2. The number of primary amides is 1. The van der Waals surface area contributed by atoms with Crippen LogP contribution in [0.1, 0.15) is 27.6 Å². The average Bonchev–Trinajstić information content (AvgIpc) is 2.16. The zero-order chi connectivity index (χ0) is 10.7. The number of para-hydroxylation sites is 1. The number of ether oxygens (including phenoxy) is 1. The van der Waals surface area contributed by atoms with Crippen LogP contribution in [0, 0.1) is 0 Å². The number of benzene rings is 1. The number of carbonyl (C=O) groups excluding carboxylic acids is 2. The number of carbonyl (C=O) groups is 2. The van der Waals surface area contributed by atoms with E-state index in [0.29, 0.717) is 5.56 Å². The molecular weight excluding hydrogens is 182 g/mol. The third-order valence-corrected chi connectivity index (χ3v) is 1.86. The van der Waals surface area contributed by atoms with E-state index >= 15 is 0 Å². The molecular formula is C10H11NO3. The first kappa shape index (κ1) is 10.2. The van der Waals surface area contributed by atoms with Gasteiger partial charge in [-0.25, -0.2) is 0 Å². The van der Waals surface area contributed by atoms with Gasteiger partial charge in [-0.1, -0.05) is 6.07 Å². The Labute approximate surface area is 81.7 Å². The van der Waals surface area contributed by atoms with E-state index in [-0.39, 0.29) is 17.1 Å². The van der Waals surface area contributed by atoms with Crippen molar-refractivity contribution in [1.82, 2.24) is 0 Å². The van der Waals surface area contributed by atoms with Gasteiger partial charge >= 0.3 is 0 Å². The molecule has 0 radical (unpaired) electrons. The van der Waals surface area contributed by atoms with E-state index in [1.54, 1.807) is 12.1 Å². The first-order chi connectivity index (χ1) is 6.57. The van der Waals surface area contributed by atoms with E-state index in [4.69, 9.17) is 10.5 Å². The van der Waals surface area contributed by atoms with Crippen LogP contribution in [0.5, 0.6) is 5.75 Å². The second-order valence-corrected chi connectivity index (χ2v) is 2.81. The van der Waals surface area contributed by atoms with Crippen LogP contribution < -0.4 is 10.5 Å². The molecule has 4 nitrogen and oxygen atoms in total. The van der Waals surface area contributed by atoms with Crippen molar-refractivity contribution in [1.29, 1.82) is 0 Å². The van der Waals surface area contributed by atoms with Gasteiger partial charge in [0.15, 0.2) is 5.78 Å². The highest BCUT2D eigenvalue weighted by Crippen LogP contribution is 2.23. The maximum atomic E-state index is 11.2. The van der Waals surface area contributed by atoms with E-state index in [1.165, 1.54) is 20.1 Å². The Kier molecular flexibility index (Phi) is 2.86. The van der Waals surface area contributed by atoms with Crippen molar-refractivity contribution in [2.24, 2.45) is 5.73 Å². The minimum Gasteiger partial charge on any atom is -0.495 e. The molecule has 0 bridgehead atoms. The highest BCUT2D eigenvalue weighted by Gasteiger charge is 2.15. The monoisotopic (exact) mass is 193 g/mol. The Hall–Kier alpha value is -1.84. The molecule has 0 aromatic heterocycles. The molecule has 2 N–H and O–H groups in total. The number of Topliss-reactive ketones (excluding diaryl/α,β-unsaturated/α-hetero) is 1. The quantitative estimate of drug-likeness (QED) is 0.728. The molecule has 14 heavy (non-hydrogen) atoms. The fraction of sp³-hybridized carbons (Fsp3) is 0.200. The SMILES string of the molecule is COc1c(C(C)=O)cccc1C(N)=O. The molecule has 0 heterocycles. The fourth-order valence-corrected chi connectivity index (χ4v) is 1.23. The van der Waals surface area contributed by atoms with Crippen LogP contribution in [-0.2, 0) is 0 Å². The Morgan fingerprint density at radius 2 is 1.86 bits per heavy atom. The second kappa shape index (κ2) is 3.91. The van der Waals surface area contributed by atoms with Gasteiger partial charge < -0.3 is 10.5 Å². The van der Waals surface area contributed by atoms with E-state index in [2.05, 4.69) is 0 Å². The summed E-state index contributed by atoms with van der Waals surface area (Å²) >= 11 is 0. The van der Waals surface area contributed by atoms with Gasteiger partial charge in [0.05, 0.1) is 18.2 Å². The molecule has 1 rings (SSSR count). The molecule has 0 atom stereocenters. The number of amides is 1. The molecule has 0 unspecified atom stereocenters. The average molecular weight is 193 g/mol. The molecule has 0 saturated heterocycles. The topological polar surface area (TPSA) is 69.4 Å². The van der Waals surface area contributed by atoms with Crippen LogP contribution in [0.2, 0.25) is 0 Å². The lowest BCUT2D eigenvalue weighted by Gasteiger charge is -2.08. The summed E-state index contributed by atoms with van der Waals surface area (Å²) in [6, 6.07) is 4.71. The minimum absolute atomic E-state index is 0.162. The third kappa shape index (κ3) is 1.74. The van der Waals surface area contributed by atoms with E-state index in [1.807, 2.05) is 0 Å². The molecule has 0 fully saturated rings. The van der Waals surface area contributed by atoms with Crippen molar-refractivity contribution in [2.75, 3.05) is 7.11 Å². The smallest absolute Gasteiger partial charge is 0.252 e. The van der Waals surface area contributed by atoms with Crippen LogP contribution in [0.25, 0.3) is 0 Å². The lowest BCUT2D eigenvalue weighted by Crippen LogP contribution is -2.14. The number of rotatable bonds is 3. The highest BCUT2D eigenvalue weighted by atomic mass is 16.5. The fourth-order valence-electron chi connectivity index (χ4n) is 1.23. The van der Waals surface area contributed by atoms with Gasteiger partial charge in [-0.15, -0.1) is 0 Å². The molecule has 0 spiro atoms. The van der Waals surface area contributed by atoms with Gasteiger partial charge in [-0.2, -0.15) is 0 Å². The van der Waals surface area contributed by atoms with Gasteiger partial charge in [-0.05, 0) is 19.1 Å². The lowest BCUT2D eigenvalue weighted by atomic mass is 10.1. The summed E-state index contributed by atoms with van der Waals surface area (Å²) in [7, 11) is 1.40. The normalized spacial score (nSPS) is 9.57. The molecule has 0 aliphatic carbocycles. The molecule has 4 heteroatoms. The summed E-state index contributed by atoms with van der Waals surface area (Å²) < 4.78 is 4.98. The van der Waals surface area contributed by atoms with Crippen LogP contribution in [0.15, 0.2) is 18.2 Å². The summed E-state index contributed by atoms with van der Waals surface area (Å²) in [6.07, 6.45) is 0. The molecule has 1 amide bonds. The van der Waals surface area contributed by atoms with Crippen molar-refractivity contribution in [3.8, 4) is 5.75 Å². The van der Waals surface area contributed by atoms with Crippen molar-refractivity contribution >= 4 is 11.7 Å². The number of methoxy groups -OCH3 is 1. The van der Waals surface area contributed by atoms with Crippen molar-refractivity contribution in [3.63, 3.8) is 0 Å². The van der Waals surface area contributed by atoms with Crippen LogP contribution in [0.3, 0.4) is 0 Å². The van der Waals surface area contributed by atoms with Crippen molar-refractivity contribution in [2.45, 2.75) is 6.92 Å². The second-order valence-electron chi connectivity index (χ2n) is 2.81. The Morgan fingerprint density at radius 3 is 2.29 bits per heavy atom. The zero-order valence-electron chi connectivity index (χ0n) is 8.03. The van der Waals surface area contributed by atoms with E-state index in [0.717, 1.165) is 0 Å². The maximum Gasteiger partial charge on any atom is 0.252 e. The number of hydrogen-bond acceptors (Lipinski definition) is 3. The Balaban J connectivity index is 3.39. The van der Waals surface area contributed by atoms with Gasteiger partial charge in [0.2, 0.25) is 0 Å². The Bertz CT molecular complexity index is 353. The van der Waals surface area contributed by atoms with E-state index in [9.17, 15) is 9.59 Å². The summed E-state index contributed by atoms with van der Waals surface area (Å²) in [4.78, 5) is 22.2. The van der Waals surface area contributed by atoms with Crippen molar-refractivity contribution < 1.29 is 14.3 Å². The number of nitrogens with two attached hydrogens (primary N) is 1. The predicted molar refractivity (Wildman–Crippen MR) is 51.5 cm³/mol. The zero-order valence-corrected chi connectivity index (χ0v) is 8.03. The summed E-state index contributed by atoms with van der Waals surface area (Å²) in [6.45, 7) is 1.41. The van der Waals surface area contributed by atoms with Crippen LogP contribution in [0.4, 0.5) is 0 Å². The molecule has 1 aromatic carbocycles. The van der Waals surface area contributed by atoms with Crippen LogP contribution in [-0.4, -0.2) is 18.8 Å². The van der Waals surface area contributed by atoms with Gasteiger partial charge in [-0.3, -0.25) is 9.59 Å². The van der Waals surface area contributed by atoms with Crippen molar-refractivity contribution in [3.05, 3.63) is 29.3 Å². The molecule has 74 valence electrons. The van der Waals surface area contributed by atoms with Crippen LogP contribution >= 0.6 is 0 Å². The minimum atomic E-state index is -0.607. The third-order valence-electron chi connectivity index (χ3n) is 1.86. The number of ketones is 1.